The molecule has 0 unspecified atom stereocenters. The average Bonchev–Trinajstić information content (AvgIpc) is 2.45. The van der Waals surface area contributed by atoms with E-state index in [-0.39, 0.29) is 18.2 Å². The number of hydrogen-bond donors (Lipinski definition) is 1. The summed E-state index contributed by atoms with van der Waals surface area (Å²) in [7, 11) is 0. The van der Waals surface area contributed by atoms with Gasteiger partial charge in [-0.25, -0.2) is 4.39 Å². The minimum atomic E-state index is -0.386. The van der Waals surface area contributed by atoms with Gasteiger partial charge in [0.05, 0.1) is 0 Å². The van der Waals surface area contributed by atoms with Crippen LogP contribution in [-0.4, -0.2) is 18.2 Å². The molecule has 0 atom stereocenters. The van der Waals surface area contributed by atoms with Gasteiger partial charge < -0.3 is 15.2 Å². The van der Waals surface area contributed by atoms with Crippen LogP contribution in [0.1, 0.15) is 5.56 Å². The number of rotatable bonds is 6. The Balaban J connectivity index is 1.83. The number of hydrogen-bond acceptors (Lipinski definition) is 3. The van der Waals surface area contributed by atoms with Gasteiger partial charge in [-0.15, -0.1) is 0 Å². The molecule has 5 heteroatoms. The van der Waals surface area contributed by atoms with Crippen molar-refractivity contribution in [3.8, 4) is 11.5 Å². The second-order valence-corrected chi connectivity index (χ2v) is 4.46. The molecule has 0 heterocycles. The fourth-order valence-corrected chi connectivity index (χ4v) is 1.74. The van der Waals surface area contributed by atoms with Gasteiger partial charge in [0, 0.05) is 5.56 Å². The van der Waals surface area contributed by atoms with Gasteiger partial charge in [0.25, 0.3) is 0 Å². The largest absolute Gasteiger partial charge is 0.490 e. The van der Waals surface area contributed by atoms with Crippen molar-refractivity contribution in [2.45, 2.75) is 0 Å². The molecule has 0 fully saturated rings. The first-order chi connectivity index (χ1) is 9.66. The fourth-order valence-electron chi connectivity index (χ4n) is 1.61. The predicted octanol–water partition coefficient (Wildman–Crippen LogP) is 2.92. The molecule has 0 bridgehead atoms. The lowest BCUT2D eigenvalue weighted by atomic mass is 10.2. The highest BCUT2D eigenvalue weighted by atomic mass is 32.1. The van der Waals surface area contributed by atoms with Gasteiger partial charge >= 0.3 is 0 Å². The lowest BCUT2D eigenvalue weighted by molar-refractivity contribution is 0.211. The van der Waals surface area contributed by atoms with Gasteiger partial charge in [-0.05, 0) is 24.3 Å². The first-order valence-electron chi connectivity index (χ1n) is 6.07. The first kappa shape index (κ1) is 14.3. The molecule has 0 aromatic heterocycles. The molecule has 0 amide bonds. The van der Waals surface area contributed by atoms with Crippen LogP contribution in [0.25, 0.3) is 0 Å². The van der Waals surface area contributed by atoms with E-state index in [4.69, 9.17) is 27.4 Å². The van der Waals surface area contributed by atoms with Gasteiger partial charge in [-0.1, -0.05) is 36.5 Å². The van der Waals surface area contributed by atoms with E-state index in [0.717, 1.165) is 5.56 Å². The zero-order valence-corrected chi connectivity index (χ0v) is 11.5. The number of benzene rings is 2. The van der Waals surface area contributed by atoms with E-state index >= 15 is 0 Å². The van der Waals surface area contributed by atoms with E-state index in [9.17, 15) is 4.39 Å². The van der Waals surface area contributed by atoms with Crippen LogP contribution in [0.15, 0.2) is 48.5 Å². The summed E-state index contributed by atoms with van der Waals surface area (Å²) in [5, 5.41) is 0. The Kier molecular flexibility index (Phi) is 4.90. The molecule has 20 heavy (non-hydrogen) atoms. The summed E-state index contributed by atoms with van der Waals surface area (Å²) in [6.07, 6.45) is 0. The molecule has 0 spiro atoms. The summed E-state index contributed by atoms with van der Waals surface area (Å²) in [6, 6.07) is 13.4. The van der Waals surface area contributed by atoms with E-state index in [1.807, 2.05) is 12.1 Å². The molecule has 0 saturated heterocycles. The first-order valence-corrected chi connectivity index (χ1v) is 6.47. The molecular formula is C15H14FNO2S. The molecule has 0 aliphatic rings. The topological polar surface area (TPSA) is 44.5 Å². The van der Waals surface area contributed by atoms with Crippen molar-refractivity contribution in [2.24, 2.45) is 5.73 Å². The minimum absolute atomic E-state index is 0.216. The number of ether oxygens (including phenoxy) is 2. The van der Waals surface area contributed by atoms with E-state index in [2.05, 4.69) is 0 Å². The van der Waals surface area contributed by atoms with Crippen LogP contribution in [0.5, 0.6) is 11.5 Å². The smallest absolute Gasteiger partial charge is 0.165 e. The Hall–Kier alpha value is -2.14. The maximum absolute atomic E-state index is 13.3. The number of thiocarbonyl (C=S) groups is 1. The van der Waals surface area contributed by atoms with Crippen molar-refractivity contribution in [3.63, 3.8) is 0 Å². The lowest BCUT2D eigenvalue weighted by Gasteiger charge is -2.09. The SMILES string of the molecule is NC(=S)c1cccc(OCCOc2ccccc2F)c1. The van der Waals surface area contributed by atoms with Crippen LogP contribution in [-0.2, 0) is 0 Å². The van der Waals surface area contributed by atoms with Crippen LogP contribution in [0.4, 0.5) is 4.39 Å². The van der Waals surface area contributed by atoms with Crippen molar-refractivity contribution < 1.29 is 13.9 Å². The monoisotopic (exact) mass is 291 g/mol. The molecular weight excluding hydrogens is 277 g/mol. The second-order valence-electron chi connectivity index (χ2n) is 4.02. The molecule has 2 N–H and O–H groups in total. The number of halogens is 1. The Bertz CT molecular complexity index is 604. The van der Waals surface area contributed by atoms with Crippen molar-refractivity contribution in [3.05, 3.63) is 59.9 Å². The summed E-state index contributed by atoms with van der Waals surface area (Å²) in [4.78, 5) is 0.318. The zero-order valence-electron chi connectivity index (χ0n) is 10.7. The van der Waals surface area contributed by atoms with Crippen LogP contribution in [0.3, 0.4) is 0 Å². The highest BCUT2D eigenvalue weighted by Crippen LogP contribution is 2.16. The summed E-state index contributed by atoms with van der Waals surface area (Å²) in [6.45, 7) is 0.549. The molecule has 0 aliphatic heterocycles. The third-order valence-corrected chi connectivity index (χ3v) is 2.80. The third-order valence-electron chi connectivity index (χ3n) is 2.56. The fraction of sp³-hybridized carbons (Fsp3) is 0.133. The normalized spacial score (nSPS) is 10.1. The highest BCUT2D eigenvalue weighted by Gasteiger charge is 2.02. The van der Waals surface area contributed by atoms with E-state index in [1.165, 1.54) is 6.07 Å². The summed E-state index contributed by atoms with van der Waals surface area (Å²) < 4.78 is 24.1. The maximum atomic E-state index is 13.3. The molecule has 3 nitrogen and oxygen atoms in total. The van der Waals surface area contributed by atoms with Crippen molar-refractivity contribution in [1.82, 2.24) is 0 Å². The quantitative estimate of drug-likeness (QED) is 0.656. The van der Waals surface area contributed by atoms with Gasteiger partial charge in [0.15, 0.2) is 11.6 Å². The molecule has 2 aromatic carbocycles. The minimum Gasteiger partial charge on any atom is -0.490 e. The molecule has 0 aliphatic carbocycles. The Labute approximate surface area is 122 Å². The molecule has 0 radical (unpaired) electrons. The standard InChI is InChI=1S/C15H14FNO2S/c16-13-6-1-2-7-14(13)19-9-8-18-12-5-3-4-11(10-12)15(17)20/h1-7,10H,8-9H2,(H2,17,20). The van der Waals surface area contributed by atoms with Crippen LogP contribution in [0, 0.1) is 5.82 Å². The van der Waals surface area contributed by atoms with Gasteiger partial charge in [-0.2, -0.15) is 0 Å². The Morgan fingerprint density at radius 3 is 2.55 bits per heavy atom. The molecule has 2 aromatic rings. The van der Waals surface area contributed by atoms with Crippen molar-refractivity contribution in [2.75, 3.05) is 13.2 Å². The second kappa shape index (κ2) is 6.86. The summed E-state index contributed by atoms with van der Waals surface area (Å²) in [5.74, 6) is 0.475. The number of nitrogens with two attached hydrogens (primary N) is 1. The maximum Gasteiger partial charge on any atom is 0.165 e. The van der Waals surface area contributed by atoms with Crippen LogP contribution >= 0.6 is 12.2 Å². The van der Waals surface area contributed by atoms with E-state index in [1.54, 1.807) is 30.3 Å². The highest BCUT2D eigenvalue weighted by molar-refractivity contribution is 7.80. The van der Waals surface area contributed by atoms with E-state index in [0.29, 0.717) is 17.3 Å². The zero-order chi connectivity index (χ0) is 14.4. The third kappa shape index (κ3) is 3.93. The molecule has 104 valence electrons. The Morgan fingerprint density at radius 1 is 1.05 bits per heavy atom. The number of para-hydroxylation sites is 1. The Morgan fingerprint density at radius 2 is 1.80 bits per heavy atom. The summed E-state index contributed by atoms with van der Waals surface area (Å²) >= 11 is 4.89. The van der Waals surface area contributed by atoms with Gasteiger partial charge in [-0.3, -0.25) is 0 Å². The lowest BCUT2D eigenvalue weighted by Crippen LogP contribution is -2.11. The average molecular weight is 291 g/mol. The van der Waals surface area contributed by atoms with Crippen molar-refractivity contribution >= 4 is 17.2 Å². The summed E-state index contributed by atoms with van der Waals surface area (Å²) in [5.41, 5.74) is 6.28. The van der Waals surface area contributed by atoms with Gasteiger partial charge in [0.1, 0.15) is 24.0 Å². The van der Waals surface area contributed by atoms with Gasteiger partial charge in [0.2, 0.25) is 0 Å². The predicted molar refractivity (Wildman–Crippen MR) is 79.7 cm³/mol. The van der Waals surface area contributed by atoms with Crippen LogP contribution in [0.2, 0.25) is 0 Å². The van der Waals surface area contributed by atoms with Crippen LogP contribution < -0.4 is 15.2 Å². The van der Waals surface area contributed by atoms with Crippen molar-refractivity contribution in [1.29, 1.82) is 0 Å². The molecule has 2 rings (SSSR count). The molecule has 0 saturated carbocycles. The van der Waals surface area contributed by atoms with E-state index < -0.39 is 0 Å².